The van der Waals surface area contributed by atoms with E-state index >= 15 is 0 Å². The lowest BCUT2D eigenvalue weighted by Gasteiger charge is -2.24. The highest BCUT2D eigenvalue weighted by molar-refractivity contribution is 5.30. The molecule has 0 aliphatic heterocycles. The van der Waals surface area contributed by atoms with Crippen molar-refractivity contribution in [3.8, 4) is 12.3 Å². The molecular formula is C13H21N3. The molecule has 1 aromatic heterocycles. The van der Waals surface area contributed by atoms with E-state index < -0.39 is 5.54 Å². The number of terminal acetylenes is 1. The second-order valence-electron chi connectivity index (χ2n) is 5.76. The van der Waals surface area contributed by atoms with Crippen LogP contribution in [0.3, 0.4) is 0 Å². The number of hydrogen-bond acceptors (Lipinski definition) is 2. The summed E-state index contributed by atoms with van der Waals surface area (Å²) in [6, 6.07) is 0. The van der Waals surface area contributed by atoms with Gasteiger partial charge in [-0.3, -0.25) is 4.68 Å². The van der Waals surface area contributed by atoms with E-state index in [2.05, 4.69) is 31.8 Å². The van der Waals surface area contributed by atoms with Gasteiger partial charge >= 0.3 is 0 Å². The molecule has 0 amide bonds. The second kappa shape index (κ2) is 3.95. The van der Waals surface area contributed by atoms with Crippen molar-refractivity contribution in [3.63, 3.8) is 0 Å². The largest absolute Gasteiger partial charge is 0.321 e. The van der Waals surface area contributed by atoms with Crippen molar-refractivity contribution in [2.75, 3.05) is 0 Å². The van der Waals surface area contributed by atoms with Gasteiger partial charge in [0, 0.05) is 11.8 Å². The van der Waals surface area contributed by atoms with Gasteiger partial charge in [0.15, 0.2) is 0 Å². The third kappa shape index (κ3) is 2.65. The molecule has 0 saturated heterocycles. The van der Waals surface area contributed by atoms with Crippen LogP contribution in [0.25, 0.3) is 0 Å². The summed E-state index contributed by atoms with van der Waals surface area (Å²) in [4.78, 5) is 0. The van der Waals surface area contributed by atoms with Gasteiger partial charge in [-0.1, -0.05) is 26.7 Å². The van der Waals surface area contributed by atoms with Gasteiger partial charge < -0.3 is 5.73 Å². The van der Waals surface area contributed by atoms with Crippen LogP contribution < -0.4 is 5.73 Å². The van der Waals surface area contributed by atoms with Crippen LogP contribution in [0.2, 0.25) is 0 Å². The zero-order chi connectivity index (χ0) is 12.6. The van der Waals surface area contributed by atoms with Crippen molar-refractivity contribution < 1.29 is 0 Å². The van der Waals surface area contributed by atoms with Crippen molar-refractivity contribution >= 4 is 0 Å². The Morgan fingerprint density at radius 1 is 1.38 bits per heavy atom. The minimum atomic E-state index is -0.442. The van der Waals surface area contributed by atoms with Crippen molar-refractivity contribution in [1.82, 2.24) is 9.78 Å². The molecule has 0 fully saturated rings. The molecule has 16 heavy (non-hydrogen) atoms. The first-order valence-electron chi connectivity index (χ1n) is 5.47. The predicted molar refractivity (Wildman–Crippen MR) is 67.0 cm³/mol. The lowest BCUT2D eigenvalue weighted by atomic mass is 9.83. The first-order valence-corrected chi connectivity index (χ1v) is 5.47. The van der Waals surface area contributed by atoms with Gasteiger partial charge in [-0.2, -0.15) is 5.10 Å². The van der Waals surface area contributed by atoms with Crippen LogP contribution in [-0.4, -0.2) is 9.78 Å². The summed E-state index contributed by atoms with van der Waals surface area (Å²) >= 11 is 0. The topological polar surface area (TPSA) is 43.8 Å². The standard InChI is InChI=1S/C13H21N3/c1-7-8-16-9-10(12(2,3)4)11(15-16)13(5,6)14/h1,9H,8,14H2,2-6H3. The highest BCUT2D eigenvalue weighted by atomic mass is 15.3. The minimum absolute atomic E-state index is 0.0266. The lowest BCUT2D eigenvalue weighted by Crippen LogP contribution is -2.32. The monoisotopic (exact) mass is 219 g/mol. The van der Waals surface area contributed by atoms with Gasteiger partial charge in [-0.25, -0.2) is 0 Å². The highest BCUT2D eigenvalue weighted by Gasteiger charge is 2.28. The average molecular weight is 219 g/mol. The number of nitrogens with zero attached hydrogens (tertiary/aromatic N) is 2. The summed E-state index contributed by atoms with van der Waals surface area (Å²) in [6.45, 7) is 10.9. The molecule has 0 atom stereocenters. The number of nitrogens with two attached hydrogens (primary N) is 1. The molecule has 0 aromatic carbocycles. The Morgan fingerprint density at radius 2 is 1.94 bits per heavy atom. The first-order chi connectivity index (χ1) is 7.16. The van der Waals surface area contributed by atoms with Gasteiger partial charge in [0.1, 0.15) is 6.54 Å². The van der Waals surface area contributed by atoms with Gasteiger partial charge in [-0.05, 0) is 19.3 Å². The average Bonchev–Trinajstić information content (AvgIpc) is 2.47. The van der Waals surface area contributed by atoms with E-state index in [1.54, 1.807) is 4.68 Å². The third-order valence-electron chi connectivity index (χ3n) is 2.43. The zero-order valence-corrected chi connectivity index (χ0v) is 10.8. The Hall–Kier alpha value is -1.27. The quantitative estimate of drug-likeness (QED) is 0.773. The zero-order valence-electron chi connectivity index (χ0n) is 10.8. The van der Waals surface area contributed by atoms with Crippen LogP contribution in [0.4, 0.5) is 0 Å². The lowest BCUT2D eigenvalue weighted by molar-refractivity contribution is 0.494. The summed E-state index contributed by atoms with van der Waals surface area (Å²) in [5, 5.41) is 4.49. The van der Waals surface area contributed by atoms with Crippen LogP contribution in [-0.2, 0) is 17.5 Å². The maximum Gasteiger partial charge on any atom is 0.101 e. The Kier molecular flexibility index (Phi) is 3.16. The Morgan fingerprint density at radius 3 is 2.25 bits per heavy atom. The molecule has 0 radical (unpaired) electrons. The van der Waals surface area contributed by atoms with Crippen molar-refractivity contribution in [2.45, 2.75) is 52.1 Å². The second-order valence-corrected chi connectivity index (χ2v) is 5.76. The van der Waals surface area contributed by atoms with Gasteiger partial charge in [0.25, 0.3) is 0 Å². The Bertz CT molecular complexity index is 376. The third-order valence-corrected chi connectivity index (χ3v) is 2.43. The number of hydrogen-bond donors (Lipinski definition) is 1. The van der Waals surface area contributed by atoms with Crippen molar-refractivity contribution in [3.05, 3.63) is 17.5 Å². The number of rotatable bonds is 2. The molecular weight excluding hydrogens is 198 g/mol. The molecule has 2 N–H and O–H groups in total. The summed E-state index contributed by atoms with van der Waals surface area (Å²) in [5.74, 6) is 2.59. The molecule has 1 rings (SSSR count). The van der Waals surface area contributed by atoms with Crippen LogP contribution >= 0.6 is 0 Å². The Labute approximate surface area is 98.0 Å². The highest BCUT2D eigenvalue weighted by Crippen LogP contribution is 2.30. The summed E-state index contributed by atoms with van der Waals surface area (Å²) in [5.41, 5.74) is 7.81. The van der Waals surface area contributed by atoms with E-state index in [1.807, 2.05) is 20.0 Å². The van der Waals surface area contributed by atoms with Crippen LogP contribution in [0.15, 0.2) is 6.20 Å². The molecule has 0 unspecified atom stereocenters. The summed E-state index contributed by atoms with van der Waals surface area (Å²) in [7, 11) is 0. The minimum Gasteiger partial charge on any atom is -0.321 e. The Balaban J connectivity index is 3.31. The molecule has 88 valence electrons. The summed E-state index contributed by atoms with van der Waals surface area (Å²) < 4.78 is 1.78. The molecule has 0 aliphatic rings. The van der Waals surface area contributed by atoms with Gasteiger partial charge in [0.05, 0.1) is 11.2 Å². The first kappa shape index (κ1) is 12.8. The molecule has 3 nitrogen and oxygen atoms in total. The van der Waals surface area contributed by atoms with E-state index in [4.69, 9.17) is 12.2 Å². The normalized spacial score (nSPS) is 12.6. The molecule has 0 spiro atoms. The molecule has 1 heterocycles. The molecule has 1 aromatic rings. The van der Waals surface area contributed by atoms with E-state index in [1.165, 1.54) is 0 Å². The van der Waals surface area contributed by atoms with Crippen molar-refractivity contribution in [2.24, 2.45) is 5.73 Å². The molecule has 0 saturated carbocycles. The smallest absolute Gasteiger partial charge is 0.101 e. The van der Waals surface area contributed by atoms with Crippen LogP contribution in [0, 0.1) is 12.3 Å². The molecule has 0 aliphatic carbocycles. The fourth-order valence-electron chi connectivity index (χ4n) is 1.62. The van der Waals surface area contributed by atoms with Crippen LogP contribution in [0.1, 0.15) is 45.9 Å². The van der Waals surface area contributed by atoms with Gasteiger partial charge in [-0.15, -0.1) is 6.42 Å². The van der Waals surface area contributed by atoms with Gasteiger partial charge in [0.2, 0.25) is 0 Å². The maximum atomic E-state index is 6.14. The van der Waals surface area contributed by atoms with E-state index in [0.29, 0.717) is 6.54 Å². The fourth-order valence-corrected chi connectivity index (χ4v) is 1.62. The summed E-state index contributed by atoms with van der Waals surface area (Å²) in [6.07, 6.45) is 7.30. The SMILES string of the molecule is C#CCn1cc(C(C)(C)C)c(C(C)(C)N)n1. The fraction of sp³-hybridized carbons (Fsp3) is 0.615. The molecule has 0 bridgehead atoms. The van der Waals surface area contributed by atoms with E-state index in [0.717, 1.165) is 11.3 Å². The van der Waals surface area contributed by atoms with Crippen molar-refractivity contribution in [1.29, 1.82) is 0 Å². The van der Waals surface area contributed by atoms with Crippen LogP contribution in [0.5, 0.6) is 0 Å². The predicted octanol–water partition coefficient (Wildman–Crippen LogP) is 2.01. The number of aromatic nitrogens is 2. The molecule has 3 heteroatoms. The van der Waals surface area contributed by atoms with E-state index in [9.17, 15) is 0 Å². The van der Waals surface area contributed by atoms with E-state index in [-0.39, 0.29) is 5.41 Å². The maximum absolute atomic E-state index is 6.14.